The van der Waals surface area contributed by atoms with Crippen LogP contribution in [0, 0.1) is 5.92 Å². The lowest BCUT2D eigenvalue weighted by Crippen LogP contribution is -2.36. The van der Waals surface area contributed by atoms with E-state index in [1.54, 1.807) is 7.11 Å². The number of hydrogen-bond acceptors (Lipinski definition) is 4. The average Bonchev–Trinajstić information content (AvgIpc) is 2.29. The van der Waals surface area contributed by atoms with Gasteiger partial charge in [-0.1, -0.05) is 19.9 Å². The van der Waals surface area contributed by atoms with Crippen LogP contribution >= 0.6 is 0 Å². The highest BCUT2D eigenvalue weighted by Crippen LogP contribution is 2.07. The van der Waals surface area contributed by atoms with E-state index in [1.807, 2.05) is 18.2 Å². The number of hydrogen-bond donors (Lipinski definition) is 2. The summed E-state index contributed by atoms with van der Waals surface area (Å²) in [5.41, 5.74) is 0.915. The topological polar surface area (TPSA) is 54.4 Å². The zero-order chi connectivity index (χ0) is 12.0. The summed E-state index contributed by atoms with van der Waals surface area (Å²) in [5, 5.41) is 12.4. The molecule has 1 aromatic heterocycles. The van der Waals surface area contributed by atoms with Gasteiger partial charge in [0.15, 0.2) is 0 Å². The molecule has 0 spiro atoms. The zero-order valence-electron chi connectivity index (χ0n) is 10.1. The van der Waals surface area contributed by atoms with Crippen molar-refractivity contribution >= 4 is 0 Å². The number of pyridine rings is 1. The summed E-state index contributed by atoms with van der Waals surface area (Å²) >= 11 is 0. The first kappa shape index (κ1) is 12.9. The molecule has 1 aromatic rings. The van der Waals surface area contributed by atoms with Crippen molar-refractivity contribution in [3.63, 3.8) is 0 Å². The first-order valence-electron chi connectivity index (χ1n) is 5.51. The van der Waals surface area contributed by atoms with Crippen molar-refractivity contribution in [3.8, 4) is 5.88 Å². The van der Waals surface area contributed by atoms with Gasteiger partial charge in [0.25, 0.3) is 0 Å². The highest BCUT2D eigenvalue weighted by Gasteiger charge is 2.11. The van der Waals surface area contributed by atoms with Crippen LogP contribution in [0.4, 0.5) is 0 Å². The molecule has 1 rings (SSSR count). The van der Waals surface area contributed by atoms with E-state index in [2.05, 4.69) is 24.1 Å². The lowest BCUT2D eigenvalue weighted by Gasteiger charge is -2.19. The smallest absolute Gasteiger partial charge is 0.213 e. The molecule has 0 aliphatic heterocycles. The Bertz CT molecular complexity index is 316. The molecule has 2 N–H and O–H groups in total. The van der Waals surface area contributed by atoms with E-state index >= 15 is 0 Å². The van der Waals surface area contributed by atoms with Crippen LogP contribution in [0.1, 0.15) is 19.5 Å². The maximum absolute atomic E-state index is 9.17. The van der Waals surface area contributed by atoms with Gasteiger partial charge in [0.05, 0.1) is 19.4 Å². The fraction of sp³-hybridized carbons (Fsp3) is 0.583. The summed E-state index contributed by atoms with van der Waals surface area (Å²) in [4.78, 5) is 4.29. The molecular formula is C12H20N2O2. The second kappa shape index (κ2) is 6.45. The van der Waals surface area contributed by atoms with Crippen molar-refractivity contribution in [1.29, 1.82) is 0 Å². The van der Waals surface area contributed by atoms with E-state index in [0.29, 0.717) is 18.3 Å². The highest BCUT2D eigenvalue weighted by molar-refractivity contribution is 5.15. The summed E-state index contributed by atoms with van der Waals surface area (Å²) in [6, 6.07) is 5.76. The normalized spacial score (nSPS) is 12.8. The Morgan fingerprint density at radius 1 is 1.44 bits per heavy atom. The third-order valence-electron chi connectivity index (χ3n) is 2.54. The predicted molar refractivity (Wildman–Crippen MR) is 63.3 cm³/mol. The van der Waals surface area contributed by atoms with E-state index in [9.17, 15) is 0 Å². The van der Waals surface area contributed by atoms with Crippen molar-refractivity contribution in [2.45, 2.75) is 26.4 Å². The quantitative estimate of drug-likeness (QED) is 0.762. The molecule has 90 valence electrons. The van der Waals surface area contributed by atoms with E-state index in [4.69, 9.17) is 9.84 Å². The molecule has 0 fully saturated rings. The van der Waals surface area contributed by atoms with Gasteiger partial charge in [0.2, 0.25) is 5.88 Å². The van der Waals surface area contributed by atoms with Crippen LogP contribution in [0.3, 0.4) is 0 Å². The summed E-state index contributed by atoms with van der Waals surface area (Å²) in [5.74, 6) is 1.01. The van der Waals surface area contributed by atoms with Gasteiger partial charge in [-0.3, -0.25) is 0 Å². The van der Waals surface area contributed by atoms with Crippen molar-refractivity contribution in [2.24, 2.45) is 5.92 Å². The number of rotatable bonds is 6. The van der Waals surface area contributed by atoms with Gasteiger partial charge in [-0.25, -0.2) is 4.98 Å². The molecule has 0 unspecified atom stereocenters. The number of aliphatic hydroxyl groups is 1. The third kappa shape index (κ3) is 3.79. The van der Waals surface area contributed by atoms with Crippen molar-refractivity contribution in [1.82, 2.24) is 10.3 Å². The highest BCUT2D eigenvalue weighted by atomic mass is 16.5. The summed E-state index contributed by atoms with van der Waals surface area (Å²) < 4.78 is 5.05. The van der Waals surface area contributed by atoms with E-state index in [-0.39, 0.29) is 12.6 Å². The Labute approximate surface area is 96.7 Å². The Morgan fingerprint density at radius 3 is 2.75 bits per heavy atom. The van der Waals surface area contributed by atoms with Crippen molar-refractivity contribution in [2.75, 3.05) is 13.7 Å². The minimum atomic E-state index is 0.105. The average molecular weight is 224 g/mol. The molecule has 1 atom stereocenters. The Hall–Kier alpha value is -1.13. The van der Waals surface area contributed by atoms with Crippen LogP contribution in [-0.4, -0.2) is 29.8 Å². The van der Waals surface area contributed by atoms with Crippen LogP contribution in [0.2, 0.25) is 0 Å². The van der Waals surface area contributed by atoms with Crippen LogP contribution < -0.4 is 10.1 Å². The molecule has 4 nitrogen and oxygen atoms in total. The predicted octanol–water partition coefficient (Wildman–Crippen LogP) is 1.20. The van der Waals surface area contributed by atoms with Crippen molar-refractivity contribution in [3.05, 3.63) is 23.9 Å². The van der Waals surface area contributed by atoms with E-state index < -0.39 is 0 Å². The van der Waals surface area contributed by atoms with Crippen molar-refractivity contribution < 1.29 is 9.84 Å². The molecular weight excluding hydrogens is 204 g/mol. The molecule has 1 heterocycles. The fourth-order valence-corrected chi connectivity index (χ4v) is 1.42. The number of nitrogens with one attached hydrogen (secondary N) is 1. The van der Waals surface area contributed by atoms with Crippen LogP contribution in [0.5, 0.6) is 5.88 Å². The summed E-state index contributed by atoms with van der Waals surface area (Å²) in [7, 11) is 1.60. The maximum Gasteiger partial charge on any atom is 0.213 e. The van der Waals surface area contributed by atoms with Gasteiger partial charge in [0, 0.05) is 18.7 Å². The Kier molecular flexibility index (Phi) is 5.22. The number of ether oxygens (including phenoxy) is 1. The first-order chi connectivity index (χ1) is 7.67. The lowest BCUT2D eigenvalue weighted by molar-refractivity contribution is 0.209. The van der Waals surface area contributed by atoms with Gasteiger partial charge < -0.3 is 15.2 Å². The molecule has 0 saturated carbocycles. The first-order valence-corrected chi connectivity index (χ1v) is 5.51. The molecule has 0 aliphatic carbocycles. The molecule has 0 saturated heterocycles. The molecule has 0 aliphatic rings. The number of nitrogens with zero attached hydrogens (tertiary/aromatic N) is 1. The molecule has 0 bridgehead atoms. The monoisotopic (exact) mass is 224 g/mol. The van der Waals surface area contributed by atoms with Crippen LogP contribution in [-0.2, 0) is 6.54 Å². The van der Waals surface area contributed by atoms with Gasteiger partial charge in [-0.05, 0) is 12.0 Å². The second-order valence-corrected chi connectivity index (χ2v) is 4.09. The zero-order valence-corrected chi connectivity index (χ0v) is 10.1. The van der Waals surface area contributed by atoms with Crippen LogP contribution in [0.15, 0.2) is 18.2 Å². The second-order valence-electron chi connectivity index (χ2n) is 4.09. The molecule has 0 radical (unpaired) electrons. The molecule has 4 heteroatoms. The minimum absolute atomic E-state index is 0.105. The Morgan fingerprint density at radius 2 is 2.19 bits per heavy atom. The van der Waals surface area contributed by atoms with Crippen LogP contribution in [0.25, 0.3) is 0 Å². The largest absolute Gasteiger partial charge is 0.481 e. The van der Waals surface area contributed by atoms with Gasteiger partial charge in [0.1, 0.15) is 0 Å². The van der Waals surface area contributed by atoms with Gasteiger partial charge in [-0.15, -0.1) is 0 Å². The maximum atomic E-state index is 9.17. The van der Waals surface area contributed by atoms with E-state index in [1.165, 1.54) is 0 Å². The van der Waals surface area contributed by atoms with Gasteiger partial charge >= 0.3 is 0 Å². The number of aliphatic hydroxyl groups excluding tert-OH is 1. The Balaban J connectivity index is 2.53. The summed E-state index contributed by atoms with van der Waals surface area (Å²) in [6.45, 7) is 4.93. The number of aromatic nitrogens is 1. The van der Waals surface area contributed by atoms with E-state index in [0.717, 1.165) is 5.69 Å². The molecule has 0 amide bonds. The lowest BCUT2D eigenvalue weighted by atomic mass is 10.1. The molecule has 0 aromatic carbocycles. The minimum Gasteiger partial charge on any atom is -0.481 e. The fourth-order valence-electron chi connectivity index (χ4n) is 1.42. The van der Waals surface area contributed by atoms with Gasteiger partial charge in [-0.2, -0.15) is 0 Å². The number of methoxy groups -OCH3 is 1. The SMILES string of the molecule is COc1cccc(CN[C@H](CO)C(C)C)n1. The third-order valence-corrected chi connectivity index (χ3v) is 2.54. The summed E-state index contributed by atoms with van der Waals surface area (Å²) in [6.07, 6.45) is 0. The molecule has 16 heavy (non-hydrogen) atoms. The standard InChI is InChI=1S/C12H20N2O2/c1-9(2)11(8-15)13-7-10-5-4-6-12(14-10)16-3/h4-6,9,11,13,15H,7-8H2,1-3H3/t11-/m1/s1.